The lowest BCUT2D eigenvalue weighted by Gasteiger charge is -2.27. The molecule has 1 fully saturated rings. The Hall–Kier alpha value is -0.830. The summed E-state index contributed by atoms with van der Waals surface area (Å²) in [5.74, 6) is 0.849. The van der Waals surface area contributed by atoms with E-state index in [1.807, 2.05) is 13.0 Å². The van der Waals surface area contributed by atoms with Crippen LogP contribution in [0.1, 0.15) is 44.7 Å². The quantitative estimate of drug-likeness (QED) is 0.829. The summed E-state index contributed by atoms with van der Waals surface area (Å²) in [4.78, 5) is 8.27. The predicted molar refractivity (Wildman–Crippen MR) is 71.5 cm³/mol. The van der Waals surface area contributed by atoms with E-state index in [4.69, 9.17) is 11.6 Å². The van der Waals surface area contributed by atoms with Gasteiger partial charge in [0, 0.05) is 18.3 Å². The van der Waals surface area contributed by atoms with Crippen molar-refractivity contribution in [3.05, 3.63) is 17.0 Å². The van der Waals surface area contributed by atoms with Crippen LogP contribution in [-0.2, 0) is 0 Å². The van der Waals surface area contributed by atoms with E-state index in [9.17, 15) is 0 Å². The van der Waals surface area contributed by atoms with Crippen LogP contribution in [0.3, 0.4) is 0 Å². The van der Waals surface area contributed by atoms with Gasteiger partial charge in [-0.3, -0.25) is 0 Å². The van der Waals surface area contributed by atoms with E-state index in [1.165, 1.54) is 32.1 Å². The lowest BCUT2D eigenvalue weighted by atomic mass is 9.83. The Labute approximate surface area is 108 Å². The van der Waals surface area contributed by atoms with Gasteiger partial charge in [0.05, 0.1) is 0 Å². The van der Waals surface area contributed by atoms with E-state index in [0.717, 1.165) is 18.1 Å². The van der Waals surface area contributed by atoms with Crippen LogP contribution in [0.4, 0.5) is 5.82 Å². The Morgan fingerprint density at radius 3 is 2.65 bits per heavy atom. The van der Waals surface area contributed by atoms with Crippen molar-refractivity contribution in [3.63, 3.8) is 0 Å². The SMILES string of the molecule is CCC1(CNc2cc(C)nc(Cl)n2)CCCC1. The number of aromatic nitrogens is 2. The van der Waals surface area contributed by atoms with Crippen molar-refractivity contribution in [2.24, 2.45) is 5.41 Å². The minimum atomic E-state index is 0.324. The van der Waals surface area contributed by atoms with E-state index in [0.29, 0.717) is 10.7 Å². The molecule has 94 valence electrons. The summed E-state index contributed by atoms with van der Waals surface area (Å²) in [5.41, 5.74) is 1.37. The largest absolute Gasteiger partial charge is 0.369 e. The van der Waals surface area contributed by atoms with Gasteiger partial charge in [0.25, 0.3) is 0 Å². The molecule has 4 heteroatoms. The molecule has 0 atom stereocenters. The molecule has 1 aromatic heterocycles. The summed E-state index contributed by atoms with van der Waals surface area (Å²) >= 11 is 5.85. The zero-order valence-corrected chi connectivity index (χ0v) is 11.3. The van der Waals surface area contributed by atoms with Gasteiger partial charge in [-0.25, -0.2) is 9.97 Å². The van der Waals surface area contributed by atoms with Crippen LogP contribution in [0.25, 0.3) is 0 Å². The highest BCUT2D eigenvalue weighted by Gasteiger charge is 2.31. The van der Waals surface area contributed by atoms with E-state index < -0.39 is 0 Å². The van der Waals surface area contributed by atoms with Gasteiger partial charge in [-0.1, -0.05) is 19.8 Å². The smallest absolute Gasteiger partial charge is 0.224 e. The topological polar surface area (TPSA) is 37.8 Å². The molecule has 0 aliphatic heterocycles. The van der Waals surface area contributed by atoms with Gasteiger partial charge in [0.15, 0.2) is 0 Å². The van der Waals surface area contributed by atoms with Gasteiger partial charge in [-0.2, -0.15) is 0 Å². The monoisotopic (exact) mass is 253 g/mol. The summed E-state index contributed by atoms with van der Waals surface area (Å²) in [7, 11) is 0. The van der Waals surface area contributed by atoms with Crippen molar-refractivity contribution in [1.82, 2.24) is 9.97 Å². The van der Waals surface area contributed by atoms with Crippen molar-refractivity contribution in [2.45, 2.75) is 46.0 Å². The van der Waals surface area contributed by atoms with Gasteiger partial charge in [-0.15, -0.1) is 0 Å². The minimum absolute atomic E-state index is 0.324. The average Bonchev–Trinajstić information content (AvgIpc) is 2.74. The van der Waals surface area contributed by atoms with Crippen LogP contribution < -0.4 is 5.32 Å². The number of hydrogen-bond donors (Lipinski definition) is 1. The third kappa shape index (κ3) is 3.09. The van der Waals surface area contributed by atoms with Crippen molar-refractivity contribution < 1.29 is 0 Å². The van der Waals surface area contributed by atoms with E-state index in [-0.39, 0.29) is 0 Å². The highest BCUT2D eigenvalue weighted by Crippen LogP contribution is 2.40. The Morgan fingerprint density at radius 1 is 1.35 bits per heavy atom. The molecule has 3 nitrogen and oxygen atoms in total. The second kappa shape index (κ2) is 5.21. The van der Waals surface area contributed by atoms with Gasteiger partial charge in [0.1, 0.15) is 5.82 Å². The highest BCUT2D eigenvalue weighted by atomic mass is 35.5. The van der Waals surface area contributed by atoms with E-state index in [1.54, 1.807) is 0 Å². The number of anilines is 1. The highest BCUT2D eigenvalue weighted by molar-refractivity contribution is 6.28. The standard InChI is InChI=1S/C13H20ClN3/c1-3-13(6-4-5-7-13)9-15-11-8-10(2)16-12(14)17-11/h8H,3-7,9H2,1-2H3,(H,15,16,17). The number of aryl methyl sites for hydroxylation is 1. The van der Waals surface area contributed by atoms with Crippen LogP contribution >= 0.6 is 11.6 Å². The zero-order valence-electron chi connectivity index (χ0n) is 10.6. The van der Waals surface area contributed by atoms with Crippen molar-refractivity contribution in [3.8, 4) is 0 Å². The van der Waals surface area contributed by atoms with Crippen LogP contribution in [0, 0.1) is 12.3 Å². The lowest BCUT2D eigenvalue weighted by Crippen LogP contribution is -2.26. The fourth-order valence-corrected chi connectivity index (χ4v) is 2.91. The van der Waals surface area contributed by atoms with Crippen LogP contribution in [0.2, 0.25) is 5.28 Å². The predicted octanol–water partition coefficient (Wildman–Crippen LogP) is 3.82. The third-order valence-electron chi connectivity index (χ3n) is 3.89. The third-order valence-corrected chi connectivity index (χ3v) is 4.05. The van der Waals surface area contributed by atoms with Gasteiger partial charge in [-0.05, 0) is 43.2 Å². The fraction of sp³-hybridized carbons (Fsp3) is 0.692. The average molecular weight is 254 g/mol. The molecule has 0 spiro atoms. The second-order valence-corrected chi connectivity index (χ2v) is 5.42. The lowest BCUT2D eigenvalue weighted by molar-refractivity contribution is 0.306. The molecule has 1 aliphatic carbocycles. The summed E-state index contributed by atoms with van der Waals surface area (Å²) in [5, 5.41) is 3.75. The molecule has 1 aromatic rings. The molecule has 1 N–H and O–H groups in total. The Balaban J connectivity index is 2.01. The van der Waals surface area contributed by atoms with Gasteiger partial charge < -0.3 is 5.32 Å². The molecule has 0 radical (unpaired) electrons. The number of rotatable bonds is 4. The Morgan fingerprint density at radius 2 is 2.06 bits per heavy atom. The first kappa shape index (κ1) is 12.6. The molecule has 2 rings (SSSR count). The van der Waals surface area contributed by atoms with Crippen LogP contribution in [0.5, 0.6) is 0 Å². The first-order chi connectivity index (χ1) is 8.13. The maximum Gasteiger partial charge on any atom is 0.224 e. The van der Waals surface area contributed by atoms with Crippen LogP contribution in [-0.4, -0.2) is 16.5 Å². The first-order valence-corrected chi connectivity index (χ1v) is 6.76. The molecule has 1 saturated carbocycles. The van der Waals surface area contributed by atoms with Crippen molar-refractivity contribution in [1.29, 1.82) is 0 Å². The molecule has 0 unspecified atom stereocenters. The molecule has 1 heterocycles. The molecular formula is C13H20ClN3. The number of nitrogens with zero attached hydrogens (tertiary/aromatic N) is 2. The number of hydrogen-bond acceptors (Lipinski definition) is 3. The molecule has 1 aliphatic rings. The van der Waals surface area contributed by atoms with Gasteiger partial charge >= 0.3 is 0 Å². The summed E-state index contributed by atoms with van der Waals surface area (Å²) in [6, 6.07) is 1.95. The first-order valence-electron chi connectivity index (χ1n) is 6.39. The minimum Gasteiger partial charge on any atom is -0.369 e. The molecule has 17 heavy (non-hydrogen) atoms. The van der Waals surface area contributed by atoms with Crippen LogP contribution in [0.15, 0.2) is 6.07 Å². The maximum absolute atomic E-state index is 5.85. The molecule has 0 aromatic carbocycles. The Kier molecular flexibility index (Phi) is 3.87. The van der Waals surface area contributed by atoms with Crippen molar-refractivity contribution in [2.75, 3.05) is 11.9 Å². The van der Waals surface area contributed by atoms with E-state index in [2.05, 4.69) is 22.2 Å². The molecule has 0 bridgehead atoms. The summed E-state index contributed by atoms with van der Waals surface area (Å²) in [6.45, 7) is 5.21. The van der Waals surface area contributed by atoms with E-state index >= 15 is 0 Å². The fourth-order valence-electron chi connectivity index (χ4n) is 2.68. The Bertz CT molecular complexity index is 366. The summed E-state index contributed by atoms with van der Waals surface area (Å²) in [6.07, 6.45) is 6.61. The molecular weight excluding hydrogens is 234 g/mol. The molecule has 0 saturated heterocycles. The van der Waals surface area contributed by atoms with Crippen molar-refractivity contribution >= 4 is 17.4 Å². The number of nitrogens with one attached hydrogen (secondary N) is 1. The maximum atomic E-state index is 5.85. The normalized spacial score (nSPS) is 18.3. The van der Waals surface area contributed by atoms with Gasteiger partial charge in [0.2, 0.25) is 5.28 Å². The zero-order chi connectivity index (χ0) is 12.3. The number of halogens is 1. The summed E-state index contributed by atoms with van der Waals surface area (Å²) < 4.78 is 0. The second-order valence-electron chi connectivity index (χ2n) is 5.08. The molecule has 0 amide bonds.